The van der Waals surface area contributed by atoms with E-state index in [0.29, 0.717) is 19.1 Å². The van der Waals surface area contributed by atoms with Crippen molar-refractivity contribution in [2.75, 3.05) is 20.3 Å². The van der Waals surface area contributed by atoms with Gasteiger partial charge >= 0.3 is 0 Å². The SMILES string of the molecule is COCCCN1C(=O)c2cc(F)cc(F)c2C1C#N. The lowest BCUT2D eigenvalue weighted by Crippen LogP contribution is -2.29. The Morgan fingerprint density at radius 1 is 1.47 bits per heavy atom. The van der Waals surface area contributed by atoms with Crippen molar-refractivity contribution in [2.24, 2.45) is 0 Å². The minimum atomic E-state index is -1.00. The Hall–Kier alpha value is -2.00. The van der Waals surface area contributed by atoms with Gasteiger partial charge in [-0.2, -0.15) is 5.26 Å². The smallest absolute Gasteiger partial charge is 0.255 e. The number of halogens is 2. The summed E-state index contributed by atoms with van der Waals surface area (Å²) >= 11 is 0. The fourth-order valence-corrected chi connectivity index (χ4v) is 2.21. The van der Waals surface area contributed by atoms with Gasteiger partial charge in [0.25, 0.3) is 5.91 Å². The molecule has 1 amide bonds. The van der Waals surface area contributed by atoms with Gasteiger partial charge in [-0.05, 0) is 12.5 Å². The van der Waals surface area contributed by atoms with E-state index in [-0.39, 0.29) is 17.7 Å². The number of ether oxygens (including phenoxy) is 1. The van der Waals surface area contributed by atoms with E-state index in [4.69, 9.17) is 10.00 Å². The molecular formula is C13H12F2N2O2. The van der Waals surface area contributed by atoms with Crippen molar-refractivity contribution in [3.63, 3.8) is 0 Å². The van der Waals surface area contributed by atoms with Crippen LogP contribution in [-0.2, 0) is 4.74 Å². The molecule has 1 atom stereocenters. The second kappa shape index (κ2) is 5.33. The largest absolute Gasteiger partial charge is 0.385 e. The molecule has 0 saturated carbocycles. The van der Waals surface area contributed by atoms with Crippen molar-refractivity contribution in [3.05, 3.63) is 34.9 Å². The molecule has 0 bridgehead atoms. The maximum Gasteiger partial charge on any atom is 0.255 e. The second-order valence-corrected chi connectivity index (χ2v) is 4.23. The molecule has 0 saturated heterocycles. The number of carbonyl (C=O) groups is 1. The molecule has 19 heavy (non-hydrogen) atoms. The molecule has 1 aromatic carbocycles. The van der Waals surface area contributed by atoms with Crippen molar-refractivity contribution < 1.29 is 18.3 Å². The summed E-state index contributed by atoms with van der Waals surface area (Å²) in [5.41, 5.74) is -0.104. The van der Waals surface area contributed by atoms with Gasteiger partial charge in [-0.3, -0.25) is 4.79 Å². The van der Waals surface area contributed by atoms with E-state index >= 15 is 0 Å². The molecule has 0 aliphatic carbocycles. The molecule has 0 aromatic heterocycles. The van der Waals surface area contributed by atoms with Gasteiger partial charge in [0.2, 0.25) is 0 Å². The fourth-order valence-electron chi connectivity index (χ4n) is 2.21. The Morgan fingerprint density at radius 2 is 2.21 bits per heavy atom. The molecule has 0 spiro atoms. The first-order valence-electron chi connectivity index (χ1n) is 5.78. The zero-order chi connectivity index (χ0) is 14.0. The molecule has 0 N–H and O–H groups in total. The Labute approximate surface area is 109 Å². The zero-order valence-electron chi connectivity index (χ0n) is 10.3. The van der Waals surface area contributed by atoms with Crippen LogP contribution < -0.4 is 0 Å². The molecule has 1 heterocycles. The Bertz CT molecular complexity index is 554. The zero-order valence-corrected chi connectivity index (χ0v) is 10.3. The number of hydrogen-bond acceptors (Lipinski definition) is 3. The molecule has 1 aliphatic rings. The van der Waals surface area contributed by atoms with Crippen LogP contribution in [0.15, 0.2) is 12.1 Å². The highest BCUT2D eigenvalue weighted by atomic mass is 19.1. The van der Waals surface area contributed by atoms with E-state index in [9.17, 15) is 13.6 Å². The van der Waals surface area contributed by atoms with Crippen LogP contribution in [0.3, 0.4) is 0 Å². The lowest BCUT2D eigenvalue weighted by molar-refractivity contribution is 0.0737. The van der Waals surface area contributed by atoms with Crippen molar-refractivity contribution in [1.29, 1.82) is 5.26 Å². The van der Waals surface area contributed by atoms with Gasteiger partial charge in [-0.25, -0.2) is 8.78 Å². The molecule has 1 unspecified atom stereocenters. The van der Waals surface area contributed by atoms with Crippen LogP contribution >= 0.6 is 0 Å². The molecule has 2 rings (SSSR count). The normalized spacial score (nSPS) is 17.5. The molecule has 0 radical (unpaired) electrons. The summed E-state index contributed by atoms with van der Waals surface area (Å²) in [7, 11) is 1.53. The van der Waals surface area contributed by atoms with E-state index in [1.165, 1.54) is 12.0 Å². The van der Waals surface area contributed by atoms with E-state index < -0.39 is 23.6 Å². The average molecular weight is 266 g/mol. The third-order valence-electron chi connectivity index (χ3n) is 3.04. The number of benzene rings is 1. The third kappa shape index (κ3) is 2.29. The summed E-state index contributed by atoms with van der Waals surface area (Å²) in [4.78, 5) is 13.3. The number of rotatable bonds is 4. The van der Waals surface area contributed by atoms with E-state index in [0.717, 1.165) is 6.07 Å². The van der Waals surface area contributed by atoms with Gasteiger partial charge in [0.15, 0.2) is 0 Å². The predicted octanol–water partition coefficient (Wildman–Crippen LogP) is 2.02. The first-order valence-corrected chi connectivity index (χ1v) is 5.78. The number of methoxy groups -OCH3 is 1. The molecule has 100 valence electrons. The summed E-state index contributed by atoms with van der Waals surface area (Å²) in [6.45, 7) is 0.690. The lowest BCUT2D eigenvalue weighted by Gasteiger charge is -2.19. The van der Waals surface area contributed by atoms with Crippen molar-refractivity contribution in [1.82, 2.24) is 4.90 Å². The highest BCUT2D eigenvalue weighted by molar-refractivity contribution is 5.99. The van der Waals surface area contributed by atoms with Crippen LogP contribution in [0.25, 0.3) is 0 Å². The number of nitriles is 1. The topological polar surface area (TPSA) is 53.3 Å². The number of nitrogens with zero attached hydrogens (tertiary/aromatic N) is 2. The van der Waals surface area contributed by atoms with Gasteiger partial charge in [0.1, 0.15) is 17.7 Å². The van der Waals surface area contributed by atoms with Gasteiger partial charge in [-0.1, -0.05) is 0 Å². The summed E-state index contributed by atoms with van der Waals surface area (Å²) in [6.07, 6.45) is 0.526. The van der Waals surface area contributed by atoms with Crippen LogP contribution in [0.5, 0.6) is 0 Å². The lowest BCUT2D eigenvalue weighted by atomic mass is 10.0. The minimum Gasteiger partial charge on any atom is -0.385 e. The third-order valence-corrected chi connectivity index (χ3v) is 3.04. The van der Waals surface area contributed by atoms with Gasteiger partial charge in [0, 0.05) is 31.9 Å². The highest BCUT2D eigenvalue weighted by Gasteiger charge is 2.39. The standard InChI is InChI=1S/C13H12F2N2O2/c1-19-4-2-3-17-11(7-16)12-9(13(17)18)5-8(14)6-10(12)15/h5-6,11H,2-4H2,1H3. The summed E-state index contributed by atoms with van der Waals surface area (Å²) in [5.74, 6) is -2.19. The van der Waals surface area contributed by atoms with Crippen molar-refractivity contribution in [2.45, 2.75) is 12.5 Å². The van der Waals surface area contributed by atoms with Crippen molar-refractivity contribution in [3.8, 4) is 6.07 Å². The summed E-state index contributed by atoms with van der Waals surface area (Å²) in [6, 6.07) is 2.55. The van der Waals surface area contributed by atoms with Gasteiger partial charge < -0.3 is 9.64 Å². The minimum absolute atomic E-state index is 0.0358. The fraction of sp³-hybridized carbons (Fsp3) is 0.385. The average Bonchev–Trinajstić information content (AvgIpc) is 2.63. The van der Waals surface area contributed by atoms with Crippen molar-refractivity contribution >= 4 is 5.91 Å². The van der Waals surface area contributed by atoms with Crippen LogP contribution in [-0.4, -0.2) is 31.1 Å². The molecule has 1 aromatic rings. The molecule has 6 heteroatoms. The second-order valence-electron chi connectivity index (χ2n) is 4.23. The van der Waals surface area contributed by atoms with Crippen LogP contribution in [0.1, 0.15) is 28.4 Å². The van der Waals surface area contributed by atoms with Crippen LogP contribution in [0.2, 0.25) is 0 Å². The number of hydrogen-bond donors (Lipinski definition) is 0. The molecule has 1 aliphatic heterocycles. The Morgan fingerprint density at radius 3 is 2.84 bits per heavy atom. The maximum absolute atomic E-state index is 13.7. The first kappa shape index (κ1) is 13.4. The Kier molecular flexibility index (Phi) is 3.76. The molecule has 4 nitrogen and oxygen atoms in total. The van der Waals surface area contributed by atoms with Gasteiger partial charge in [0.05, 0.1) is 11.6 Å². The Balaban J connectivity index is 2.35. The van der Waals surface area contributed by atoms with E-state index in [1.54, 1.807) is 0 Å². The first-order chi connectivity index (χ1) is 9.10. The van der Waals surface area contributed by atoms with Crippen LogP contribution in [0.4, 0.5) is 8.78 Å². The van der Waals surface area contributed by atoms with E-state index in [1.807, 2.05) is 6.07 Å². The summed E-state index contributed by atoms with van der Waals surface area (Å²) in [5, 5.41) is 9.12. The van der Waals surface area contributed by atoms with Gasteiger partial charge in [-0.15, -0.1) is 0 Å². The maximum atomic E-state index is 13.7. The molecule has 0 fully saturated rings. The number of amides is 1. The highest BCUT2D eigenvalue weighted by Crippen LogP contribution is 2.35. The predicted molar refractivity (Wildman–Crippen MR) is 62.2 cm³/mol. The number of fused-ring (bicyclic) bond motifs is 1. The van der Waals surface area contributed by atoms with Crippen LogP contribution in [0, 0.1) is 23.0 Å². The monoisotopic (exact) mass is 266 g/mol. The summed E-state index contributed by atoms with van der Waals surface area (Å²) < 4.78 is 31.7. The molecular weight excluding hydrogens is 254 g/mol. The number of carbonyl (C=O) groups excluding carboxylic acids is 1. The quantitative estimate of drug-likeness (QED) is 0.783. The van der Waals surface area contributed by atoms with E-state index in [2.05, 4.69) is 0 Å².